The molecule has 4 heteroatoms. The molecule has 4 nitrogen and oxygen atoms in total. The van der Waals surface area contributed by atoms with E-state index in [0.29, 0.717) is 24.4 Å². The molecule has 0 bridgehead atoms. The smallest absolute Gasteiger partial charge is 0.334 e. The first-order valence-corrected chi connectivity index (χ1v) is 8.52. The van der Waals surface area contributed by atoms with Crippen LogP contribution in [0.4, 0.5) is 0 Å². The molecule has 0 radical (unpaired) electrons. The normalized spacial score (nSPS) is 14.8. The van der Waals surface area contributed by atoms with Gasteiger partial charge in [0.25, 0.3) is 0 Å². The van der Waals surface area contributed by atoms with Crippen molar-refractivity contribution in [2.75, 3.05) is 13.2 Å². The first kappa shape index (κ1) is 20.7. The van der Waals surface area contributed by atoms with Gasteiger partial charge in [-0.1, -0.05) is 40.5 Å². The Morgan fingerprint density at radius 1 is 0.727 bits per heavy atom. The average molecular weight is 312 g/mol. The lowest BCUT2D eigenvalue weighted by Gasteiger charge is -2.22. The Morgan fingerprint density at radius 2 is 1.05 bits per heavy atom. The lowest BCUT2D eigenvalue weighted by molar-refractivity contribution is -0.142. The van der Waals surface area contributed by atoms with Gasteiger partial charge in [-0.15, -0.1) is 0 Å². The maximum Gasteiger partial charge on any atom is 0.334 e. The molecule has 22 heavy (non-hydrogen) atoms. The zero-order chi connectivity index (χ0) is 17.1. The molecule has 2 unspecified atom stereocenters. The summed E-state index contributed by atoms with van der Waals surface area (Å²) in [5.74, 6) is -0.783. The summed E-state index contributed by atoms with van der Waals surface area (Å²) in [5, 5.41) is 0. The van der Waals surface area contributed by atoms with Crippen LogP contribution in [0.3, 0.4) is 0 Å². The van der Waals surface area contributed by atoms with Crippen molar-refractivity contribution >= 4 is 11.9 Å². The van der Waals surface area contributed by atoms with Crippen LogP contribution >= 0.6 is 0 Å². The van der Waals surface area contributed by atoms with E-state index in [1.54, 1.807) is 13.8 Å². The molecular weight excluding hydrogens is 280 g/mol. The van der Waals surface area contributed by atoms with E-state index in [-0.39, 0.29) is 23.8 Å². The Kier molecular flexibility index (Phi) is 10.6. The molecule has 0 fully saturated rings. The molecule has 0 N–H and O–H groups in total. The molecular formula is C18H32O4. The quantitative estimate of drug-likeness (QED) is 0.446. The Labute approximate surface area is 135 Å². The van der Waals surface area contributed by atoms with Crippen LogP contribution in [0, 0.1) is 11.8 Å². The molecule has 128 valence electrons. The Morgan fingerprint density at radius 3 is 1.27 bits per heavy atom. The van der Waals surface area contributed by atoms with Gasteiger partial charge in [-0.05, 0) is 38.5 Å². The van der Waals surface area contributed by atoms with Crippen molar-refractivity contribution < 1.29 is 19.1 Å². The van der Waals surface area contributed by atoms with E-state index in [2.05, 4.69) is 13.8 Å². The fraction of sp³-hybridized carbons (Fsp3) is 0.778. The number of carbonyl (C=O) groups is 2. The largest absolute Gasteiger partial charge is 0.463 e. The van der Waals surface area contributed by atoms with Crippen molar-refractivity contribution in [1.82, 2.24) is 0 Å². The van der Waals surface area contributed by atoms with Crippen LogP contribution in [0.5, 0.6) is 0 Å². The molecule has 0 heterocycles. The molecule has 0 saturated carbocycles. The van der Waals surface area contributed by atoms with Crippen LogP contribution in [-0.2, 0) is 19.1 Å². The summed E-state index contributed by atoms with van der Waals surface area (Å²) in [7, 11) is 0. The standard InChI is InChI=1S/C18H32O4/c1-7-11-13(5)15(17(19)21-9-3)16(14(6)12-8-2)18(20)22-10-4/h13-14H,7-12H2,1-6H3/b16-15-. The van der Waals surface area contributed by atoms with Crippen LogP contribution in [-0.4, -0.2) is 25.2 Å². The minimum atomic E-state index is -0.380. The zero-order valence-electron chi connectivity index (χ0n) is 15.0. The first-order valence-electron chi connectivity index (χ1n) is 8.52. The molecule has 0 aromatic carbocycles. The number of carbonyl (C=O) groups excluding carboxylic acids is 2. The van der Waals surface area contributed by atoms with Gasteiger partial charge in [-0.25, -0.2) is 9.59 Å². The summed E-state index contributed by atoms with van der Waals surface area (Å²) in [5.41, 5.74) is 1.01. The fourth-order valence-electron chi connectivity index (χ4n) is 2.73. The highest BCUT2D eigenvalue weighted by Gasteiger charge is 2.30. The summed E-state index contributed by atoms with van der Waals surface area (Å²) in [6, 6.07) is 0. The lowest BCUT2D eigenvalue weighted by Crippen LogP contribution is -2.24. The van der Waals surface area contributed by atoms with E-state index in [4.69, 9.17) is 9.47 Å². The Balaban J connectivity index is 5.90. The van der Waals surface area contributed by atoms with Gasteiger partial charge >= 0.3 is 11.9 Å². The van der Waals surface area contributed by atoms with E-state index in [1.807, 2.05) is 13.8 Å². The predicted octanol–water partition coefficient (Wildman–Crippen LogP) is 4.28. The number of rotatable bonds is 10. The van der Waals surface area contributed by atoms with Gasteiger partial charge in [0, 0.05) is 0 Å². The molecule has 0 aliphatic heterocycles. The van der Waals surface area contributed by atoms with Gasteiger partial charge in [0.2, 0.25) is 0 Å². The van der Waals surface area contributed by atoms with Gasteiger partial charge in [-0.2, -0.15) is 0 Å². The molecule has 0 spiro atoms. The Hall–Kier alpha value is -1.32. The third kappa shape index (κ3) is 6.20. The van der Waals surface area contributed by atoms with Gasteiger partial charge in [0.1, 0.15) is 0 Å². The summed E-state index contributed by atoms with van der Waals surface area (Å²) in [6.07, 6.45) is 3.58. The van der Waals surface area contributed by atoms with Crippen LogP contribution in [0.1, 0.15) is 67.2 Å². The maximum absolute atomic E-state index is 12.4. The molecule has 2 atom stereocenters. The summed E-state index contributed by atoms with van der Waals surface area (Å²) < 4.78 is 10.4. The number of ether oxygens (including phenoxy) is 2. The van der Waals surface area contributed by atoms with E-state index < -0.39 is 0 Å². The molecule has 0 aliphatic carbocycles. The van der Waals surface area contributed by atoms with Crippen molar-refractivity contribution in [3.05, 3.63) is 11.1 Å². The monoisotopic (exact) mass is 312 g/mol. The highest BCUT2D eigenvalue weighted by atomic mass is 16.5. The molecule has 0 aliphatic rings. The highest BCUT2D eigenvalue weighted by Crippen LogP contribution is 2.29. The minimum Gasteiger partial charge on any atom is -0.463 e. The molecule has 0 saturated heterocycles. The summed E-state index contributed by atoms with van der Waals surface area (Å²) in [6.45, 7) is 12.3. The third-order valence-corrected chi connectivity index (χ3v) is 3.71. The molecule has 0 aromatic heterocycles. The average Bonchev–Trinajstić information content (AvgIpc) is 2.45. The van der Waals surface area contributed by atoms with Crippen LogP contribution < -0.4 is 0 Å². The number of hydrogen-bond donors (Lipinski definition) is 0. The van der Waals surface area contributed by atoms with Crippen LogP contribution in [0.25, 0.3) is 0 Å². The van der Waals surface area contributed by atoms with Crippen LogP contribution in [0.2, 0.25) is 0 Å². The number of esters is 2. The van der Waals surface area contributed by atoms with Crippen molar-refractivity contribution in [1.29, 1.82) is 0 Å². The highest BCUT2D eigenvalue weighted by molar-refractivity contribution is 6.01. The number of hydrogen-bond acceptors (Lipinski definition) is 4. The van der Waals surface area contributed by atoms with E-state index in [0.717, 1.165) is 25.7 Å². The topological polar surface area (TPSA) is 52.6 Å². The summed E-state index contributed by atoms with van der Waals surface area (Å²) in [4.78, 5) is 24.9. The molecule has 0 aromatic rings. The SMILES string of the molecule is CCCC(C)/C(C(=O)OCC)=C(/C(=O)OCC)C(C)CCC. The fourth-order valence-corrected chi connectivity index (χ4v) is 2.73. The first-order chi connectivity index (χ1) is 10.4. The maximum atomic E-state index is 12.4. The minimum absolute atomic E-state index is 0.0113. The van der Waals surface area contributed by atoms with Gasteiger partial charge in [0.15, 0.2) is 0 Å². The predicted molar refractivity (Wildman–Crippen MR) is 88.4 cm³/mol. The molecule has 0 amide bonds. The second-order valence-electron chi connectivity index (χ2n) is 5.65. The van der Waals surface area contributed by atoms with E-state index in [1.165, 1.54) is 0 Å². The third-order valence-electron chi connectivity index (χ3n) is 3.71. The van der Waals surface area contributed by atoms with Crippen molar-refractivity contribution in [3.8, 4) is 0 Å². The van der Waals surface area contributed by atoms with E-state index >= 15 is 0 Å². The second kappa shape index (κ2) is 11.3. The van der Waals surface area contributed by atoms with Crippen molar-refractivity contribution in [2.45, 2.75) is 67.2 Å². The lowest BCUT2D eigenvalue weighted by atomic mass is 9.85. The van der Waals surface area contributed by atoms with Gasteiger partial charge < -0.3 is 9.47 Å². The van der Waals surface area contributed by atoms with Gasteiger partial charge in [-0.3, -0.25) is 0 Å². The summed E-state index contributed by atoms with van der Waals surface area (Å²) >= 11 is 0. The van der Waals surface area contributed by atoms with Crippen molar-refractivity contribution in [2.24, 2.45) is 11.8 Å². The van der Waals surface area contributed by atoms with E-state index in [9.17, 15) is 9.59 Å². The molecule has 0 rings (SSSR count). The second-order valence-corrected chi connectivity index (χ2v) is 5.65. The van der Waals surface area contributed by atoms with Crippen molar-refractivity contribution in [3.63, 3.8) is 0 Å². The Bertz CT molecular complexity index is 349. The van der Waals surface area contributed by atoms with Crippen LogP contribution in [0.15, 0.2) is 11.1 Å². The zero-order valence-corrected chi connectivity index (χ0v) is 15.0. The van der Waals surface area contributed by atoms with Gasteiger partial charge in [0.05, 0.1) is 24.4 Å².